The van der Waals surface area contributed by atoms with E-state index in [1.807, 2.05) is 12.2 Å². The van der Waals surface area contributed by atoms with E-state index in [0.717, 1.165) is 26.1 Å². The van der Waals surface area contributed by atoms with Gasteiger partial charge in [0.25, 0.3) is 0 Å². The summed E-state index contributed by atoms with van der Waals surface area (Å²) in [6.07, 6.45) is 5.86. The first-order valence-electron chi connectivity index (χ1n) is 5.82. The number of hydrogen-bond donors (Lipinski definition) is 0. The SMILES string of the molecule is COC(=O)[C@@H]1C=CC[C@H]2[C@@H]1C21OCCCO1. The van der Waals surface area contributed by atoms with Gasteiger partial charge in [-0.1, -0.05) is 12.2 Å². The van der Waals surface area contributed by atoms with Crippen LogP contribution >= 0.6 is 0 Å². The summed E-state index contributed by atoms with van der Waals surface area (Å²) in [7, 11) is 1.43. The molecule has 0 aromatic carbocycles. The monoisotopic (exact) mass is 224 g/mol. The third-order valence-electron chi connectivity index (χ3n) is 3.84. The van der Waals surface area contributed by atoms with Crippen molar-refractivity contribution in [2.45, 2.75) is 18.6 Å². The normalized spacial score (nSPS) is 39.2. The summed E-state index contributed by atoms with van der Waals surface area (Å²) < 4.78 is 16.4. The van der Waals surface area contributed by atoms with Gasteiger partial charge in [0.05, 0.1) is 26.2 Å². The first-order valence-corrected chi connectivity index (χ1v) is 5.82. The molecule has 16 heavy (non-hydrogen) atoms. The maximum Gasteiger partial charge on any atom is 0.313 e. The van der Waals surface area contributed by atoms with E-state index in [1.165, 1.54) is 7.11 Å². The summed E-state index contributed by atoms with van der Waals surface area (Å²) in [5, 5.41) is 0. The highest BCUT2D eigenvalue weighted by Gasteiger charge is 2.72. The molecular weight excluding hydrogens is 208 g/mol. The molecule has 0 N–H and O–H groups in total. The molecule has 1 saturated carbocycles. The average molecular weight is 224 g/mol. The van der Waals surface area contributed by atoms with Crippen molar-refractivity contribution in [1.82, 2.24) is 0 Å². The number of carbonyl (C=O) groups is 1. The molecule has 3 rings (SSSR count). The molecule has 3 atom stereocenters. The number of allylic oxidation sites excluding steroid dienone is 1. The van der Waals surface area contributed by atoms with E-state index in [4.69, 9.17) is 14.2 Å². The zero-order valence-corrected chi connectivity index (χ0v) is 9.35. The average Bonchev–Trinajstić information content (AvgIpc) is 2.97. The van der Waals surface area contributed by atoms with Crippen molar-refractivity contribution in [3.05, 3.63) is 12.2 Å². The Balaban J connectivity index is 1.81. The van der Waals surface area contributed by atoms with E-state index in [2.05, 4.69) is 0 Å². The Bertz CT molecular complexity index is 330. The molecular formula is C12H16O4. The molecule has 0 unspecified atom stereocenters. The molecule has 1 aliphatic heterocycles. The van der Waals surface area contributed by atoms with Crippen LogP contribution in [0.3, 0.4) is 0 Å². The smallest absolute Gasteiger partial charge is 0.313 e. The number of ether oxygens (including phenoxy) is 3. The second-order valence-electron chi connectivity index (χ2n) is 4.62. The van der Waals surface area contributed by atoms with Crippen LogP contribution in [0.2, 0.25) is 0 Å². The standard InChI is InChI=1S/C12H16O4/c1-14-11(13)8-4-2-5-9-10(8)12(9)15-6-3-7-16-12/h2,4,8-10H,3,5-7H2,1H3/t8-,9+,10-/m1/s1. The maximum absolute atomic E-state index is 11.6. The largest absolute Gasteiger partial charge is 0.469 e. The summed E-state index contributed by atoms with van der Waals surface area (Å²) >= 11 is 0. The fourth-order valence-corrected chi connectivity index (χ4v) is 3.07. The first kappa shape index (κ1) is 10.3. The van der Waals surface area contributed by atoms with Gasteiger partial charge in [-0.3, -0.25) is 4.79 Å². The first-order chi connectivity index (χ1) is 7.79. The quantitative estimate of drug-likeness (QED) is 0.494. The summed E-state index contributed by atoms with van der Waals surface area (Å²) in [4.78, 5) is 11.6. The molecule has 0 aromatic rings. The lowest BCUT2D eigenvalue weighted by atomic mass is 9.96. The maximum atomic E-state index is 11.6. The molecule has 0 bridgehead atoms. The molecule has 88 valence electrons. The molecule has 1 heterocycles. The summed E-state index contributed by atoms with van der Waals surface area (Å²) in [5.74, 6) is -0.366. The van der Waals surface area contributed by atoms with Crippen molar-refractivity contribution in [2.75, 3.05) is 20.3 Å². The minimum absolute atomic E-state index is 0.158. The Kier molecular flexibility index (Phi) is 2.30. The van der Waals surface area contributed by atoms with Crippen LogP contribution in [-0.4, -0.2) is 32.1 Å². The van der Waals surface area contributed by atoms with Gasteiger partial charge < -0.3 is 14.2 Å². The van der Waals surface area contributed by atoms with Gasteiger partial charge >= 0.3 is 5.97 Å². The van der Waals surface area contributed by atoms with Crippen molar-refractivity contribution < 1.29 is 19.0 Å². The highest BCUT2D eigenvalue weighted by Crippen LogP contribution is 2.63. The van der Waals surface area contributed by atoms with Crippen LogP contribution in [0.25, 0.3) is 0 Å². The minimum atomic E-state index is -0.486. The number of hydrogen-bond acceptors (Lipinski definition) is 4. The molecule has 0 amide bonds. The highest BCUT2D eigenvalue weighted by molar-refractivity contribution is 5.76. The van der Waals surface area contributed by atoms with E-state index in [-0.39, 0.29) is 17.8 Å². The molecule has 0 aromatic heterocycles. The van der Waals surface area contributed by atoms with Gasteiger partial charge in [0.15, 0.2) is 5.79 Å². The Hall–Kier alpha value is -0.870. The lowest BCUT2D eigenvalue weighted by molar-refractivity contribution is -0.220. The molecule has 4 heteroatoms. The van der Waals surface area contributed by atoms with E-state index >= 15 is 0 Å². The number of fused-ring (bicyclic) bond motifs is 3. The Morgan fingerprint density at radius 2 is 2.19 bits per heavy atom. The zero-order chi connectivity index (χ0) is 11.2. The van der Waals surface area contributed by atoms with Gasteiger partial charge in [0, 0.05) is 11.8 Å². The fraction of sp³-hybridized carbons (Fsp3) is 0.750. The molecule has 3 aliphatic rings. The minimum Gasteiger partial charge on any atom is -0.469 e. The van der Waals surface area contributed by atoms with Crippen molar-refractivity contribution in [1.29, 1.82) is 0 Å². The fourth-order valence-electron chi connectivity index (χ4n) is 3.07. The number of rotatable bonds is 1. The Labute approximate surface area is 94.5 Å². The van der Waals surface area contributed by atoms with Crippen molar-refractivity contribution in [2.24, 2.45) is 17.8 Å². The van der Waals surface area contributed by atoms with Gasteiger partial charge in [-0.05, 0) is 12.8 Å². The van der Waals surface area contributed by atoms with Crippen LogP contribution in [0, 0.1) is 17.8 Å². The molecule has 4 nitrogen and oxygen atoms in total. The topological polar surface area (TPSA) is 44.8 Å². The van der Waals surface area contributed by atoms with E-state index in [1.54, 1.807) is 0 Å². The van der Waals surface area contributed by atoms with Gasteiger partial charge in [-0.2, -0.15) is 0 Å². The lowest BCUT2D eigenvalue weighted by Gasteiger charge is -2.25. The van der Waals surface area contributed by atoms with Gasteiger partial charge in [0.1, 0.15) is 0 Å². The van der Waals surface area contributed by atoms with Crippen LogP contribution in [-0.2, 0) is 19.0 Å². The highest BCUT2D eigenvalue weighted by atomic mass is 16.7. The molecule has 1 spiro atoms. The van der Waals surface area contributed by atoms with Gasteiger partial charge in [-0.15, -0.1) is 0 Å². The van der Waals surface area contributed by atoms with Crippen molar-refractivity contribution in [3.8, 4) is 0 Å². The molecule has 1 saturated heterocycles. The van der Waals surface area contributed by atoms with Crippen LogP contribution in [0.1, 0.15) is 12.8 Å². The van der Waals surface area contributed by atoms with E-state index in [9.17, 15) is 4.79 Å². The van der Waals surface area contributed by atoms with Gasteiger partial charge in [-0.25, -0.2) is 0 Å². The van der Waals surface area contributed by atoms with Crippen LogP contribution in [0.15, 0.2) is 12.2 Å². The predicted octanol–water partition coefficient (Wildman–Crippen LogP) is 1.11. The van der Waals surface area contributed by atoms with Crippen LogP contribution in [0.4, 0.5) is 0 Å². The summed E-state index contributed by atoms with van der Waals surface area (Å²) in [5.41, 5.74) is 0. The van der Waals surface area contributed by atoms with Crippen LogP contribution in [0.5, 0.6) is 0 Å². The molecule has 2 aliphatic carbocycles. The Morgan fingerprint density at radius 1 is 1.44 bits per heavy atom. The molecule has 0 radical (unpaired) electrons. The second-order valence-corrected chi connectivity index (χ2v) is 4.62. The molecule has 2 fully saturated rings. The third-order valence-corrected chi connectivity index (χ3v) is 3.84. The van der Waals surface area contributed by atoms with E-state index in [0.29, 0.717) is 5.92 Å². The van der Waals surface area contributed by atoms with Crippen molar-refractivity contribution >= 4 is 5.97 Å². The number of methoxy groups -OCH3 is 1. The Morgan fingerprint density at radius 3 is 2.88 bits per heavy atom. The number of esters is 1. The lowest BCUT2D eigenvalue weighted by Crippen LogP contribution is -2.32. The summed E-state index contributed by atoms with van der Waals surface area (Å²) in [6.45, 7) is 1.47. The second kappa shape index (κ2) is 3.57. The van der Waals surface area contributed by atoms with Gasteiger partial charge in [0.2, 0.25) is 0 Å². The third kappa shape index (κ3) is 1.26. The van der Waals surface area contributed by atoms with Crippen molar-refractivity contribution in [3.63, 3.8) is 0 Å². The van der Waals surface area contributed by atoms with E-state index < -0.39 is 5.79 Å². The van der Waals surface area contributed by atoms with Crippen LogP contribution < -0.4 is 0 Å². The predicted molar refractivity (Wildman–Crippen MR) is 55.5 cm³/mol. The zero-order valence-electron chi connectivity index (χ0n) is 9.35. The summed E-state index contributed by atoms with van der Waals surface area (Å²) in [6, 6.07) is 0. The number of carbonyl (C=O) groups excluding carboxylic acids is 1.